The third-order valence-corrected chi connectivity index (χ3v) is 3.67. The Hall–Kier alpha value is -0.760. The molecule has 0 fully saturated rings. The van der Waals surface area contributed by atoms with Crippen LogP contribution in [0.4, 0.5) is 0 Å². The first-order valence-electron chi connectivity index (χ1n) is 4.30. The van der Waals surface area contributed by atoms with E-state index in [0.717, 1.165) is 11.3 Å². The minimum atomic E-state index is -0.112. The summed E-state index contributed by atoms with van der Waals surface area (Å²) in [5.41, 5.74) is 2.24. The van der Waals surface area contributed by atoms with Crippen LogP contribution in [0.2, 0.25) is 0 Å². The molecule has 15 heavy (non-hydrogen) atoms. The topological polar surface area (TPSA) is 50.7 Å². The molecule has 6 heteroatoms. The lowest BCUT2D eigenvalue weighted by atomic mass is 10.2. The summed E-state index contributed by atoms with van der Waals surface area (Å²) >= 11 is 6.90. The summed E-state index contributed by atoms with van der Waals surface area (Å²) in [7, 11) is 0. The fraction of sp³-hybridized carbons (Fsp3) is 0.222. The van der Waals surface area contributed by atoms with Gasteiger partial charge in [-0.05, 0) is 37.7 Å². The highest BCUT2D eigenvalue weighted by Gasteiger charge is 2.08. The normalized spacial score (nSPS) is 10.9. The molecule has 0 unspecified atom stereocenters. The van der Waals surface area contributed by atoms with Crippen LogP contribution in [0.25, 0.3) is 11.0 Å². The number of aromatic amines is 1. The number of hydrogen-bond acceptors (Lipinski definition) is 3. The number of H-pyrrole nitrogens is 1. The lowest BCUT2D eigenvalue weighted by Gasteiger charge is -2.04. The van der Waals surface area contributed by atoms with Crippen LogP contribution in [0.5, 0.6) is 0 Å². The predicted molar refractivity (Wildman–Crippen MR) is 70.1 cm³/mol. The van der Waals surface area contributed by atoms with Crippen molar-refractivity contribution in [2.75, 3.05) is 0 Å². The van der Waals surface area contributed by atoms with Crippen LogP contribution in [-0.4, -0.2) is 12.7 Å². The van der Waals surface area contributed by atoms with Gasteiger partial charge in [-0.2, -0.15) is 0 Å². The molecule has 2 aromatic rings. The molecule has 78 valence electrons. The third kappa shape index (κ3) is 1.71. The molecule has 0 saturated carbocycles. The maximum absolute atomic E-state index is 11.9. The minimum absolute atomic E-state index is 0.112. The molecule has 0 bridgehead atoms. The van der Waals surface area contributed by atoms with Crippen molar-refractivity contribution >= 4 is 46.1 Å². The molecule has 1 N–H and O–H groups in total. The molecule has 0 amide bonds. The molecule has 4 nitrogen and oxygen atoms in total. The molecule has 0 aliphatic rings. The van der Waals surface area contributed by atoms with E-state index in [0.29, 0.717) is 15.8 Å². The Morgan fingerprint density at radius 2 is 2.20 bits per heavy atom. The second-order valence-electron chi connectivity index (χ2n) is 3.32. The molecule has 2 heterocycles. The Kier molecular flexibility index (Phi) is 2.63. The Balaban J connectivity index is 3.13. The monoisotopic (exact) mass is 333 g/mol. The fourth-order valence-electron chi connectivity index (χ4n) is 1.54. The molecule has 0 spiro atoms. The zero-order valence-electron chi connectivity index (χ0n) is 8.17. The van der Waals surface area contributed by atoms with E-state index in [1.54, 1.807) is 0 Å². The van der Waals surface area contributed by atoms with E-state index in [9.17, 15) is 4.79 Å². The van der Waals surface area contributed by atoms with Crippen LogP contribution in [0.15, 0.2) is 10.9 Å². The van der Waals surface area contributed by atoms with Crippen molar-refractivity contribution in [1.82, 2.24) is 12.7 Å². The molecule has 0 radical (unpaired) electrons. The Bertz CT molecular complexity index is 659. The standard InChI is InChI=1S/C9H8IN3OS/c1-4-3-5(2)11-7-6(4)8(14)13(10)9(15)12-7/h3H,1-2H3,(H,11,12,15). The number of pyridine rings is 1. The molecule has 0 saturated heterocycles. The van der Waals surface area contributed by atoms with E-state index in [1.165, 1.54) is 2.78 Å². The molecule has 0 aliphatic heterocycles. The first-order valence-corrected chi connectivity index (χ1v) is 5.67. The summed E-state index contributed by atoms with van der Waals surface area (Å²) in [6.07, 6.45) is 0. The van der Waals surface area contributed by atoms with E-state index in [1.807, 2.05) is 42.8 Å². The summed E-state index contributed by atoms with van der Waals surface area (Å²) in [4.78, 5) is 19.1. The highest BCUT2D eigenvalue weighted by atomic mass is 127. The van der Waals surface area contributed by atoms with Crippen molar-refractivity contribution < 1.29 is 0 Å². The predicted octanol–water partition coefficient (Wildman–Crippen LogP) is 2.27. The first-order chi connectivity index (χ1) is 7.00. The van der Waals surface area contributed by atoms with Crippen LogP contribution in [0.3, 0.4) is 0 Å². The lowest BCUT2D eigenvalue weighted by molar-refractivity contribution is 1.07. The van der Waals surface area contributed by atoms with Gasteiger partial charge in [0.05, 0.1) is 28.3 Å². The van der Waals surface area contributed by atoms with E-state index < -0.39 is 0 Å². The fourth-order valence-corrected chi connectivity index (χ4v) is 2.08. The van der Waals surface area contributed by atoms with Gasteiger partial charge in [-0.3, -0.25) is 4.79 Å². The van der Waals surface area contributed by atoms with Crippen molar-refractivity contribution in [2.24, 2.45) is 0 Å². The van der Waals surface area contributed by atoms with Crippen LogP contribution in [-0.2, 0) is 0 Å². The van der Waals surface area contributed by atoms with E-state index in [-0.39, 0.29) is 5.56 Å². The van der Waals surface area contributed by atoms with Gasteiger partial charge in [-0.1, -0.05) is 0 Å². The van der Waals surface area contributed by atoms with Gasteiger partial charge in [0.25, 0.3) is 5.56 Å². The summed E-state index contributed by atoms with van der Waals surface area (Å²) in [5, 5.41) is 0.601. The zero-order chi connectivity index (χ0) is 11.2. The highest BCUT2D eigenvalue weighted by molar-refractivity contribution is 14.1. The van der Waals surface area contributed by atoms with Crippen molar-refractivity contribution in [3.63, 3.8) is 0 Å². The van der Waals surface area contributed by atoms with Gasteiger partial charge in [-0.15, -0.1) is 0 Å². The number of nitrogens with zero attached hydrogens (tertiary/aromatic N) is 2. The average molecular weight is 333 g/mol. The van der Waals surface area contributed by atoms with E-state index in [4.69, 9.17) is 12.2 Å². The SMILES string of the molecule is Cc1cc(C)c2c(=O)n(I)c(=S)[nH]c2n1. The first kappa shape index (κ1) is 10.7. The molecule has 2 rings (SSSR count). The number of aryl methyl sites for hydroxylation is 2. The lowest BCUT2D eigenvalue weighted by Crippen LogP contribution is -2.16. The maximum Gasteiger partial charge on any atom is 0.273 e. The molecule has 0 aliphatic carbocycles. The summed E-state index contributed by atoms with van der Waals surface area (Å²) in [5.74, 6) is 0. The van der Waals surface area contributed by atoms with Gasteiger partial charge in [0, 0.05) is 5.69 Å². The van der Waals surface area contributed by atoms with Gasteiger partial charge in [0.2, 0.25) is 0 Å². The van der Waals surface area contributed by atoms with Crippen molar-refractivity contribution in [3.8, 4) is 0 Å². The van der Waals surface area contributed by atoms with Crippen LogP contribution in [0.1, 0.15) is 11.3 Å². The van der Waals surface area contributed by atoms with Gasteiger partial charge < -0.3 is 4.98 Å². The third-order valence-electron chi connectivity index (χ3n) is 2.14. The van der Waals surface area contributed by atoms with Crippen molar-refractivity contribution in [2.45, 2.75) is 13.8 Å². The number of fused-ring (bicyclic) bond motifs is 1. The van der Waals surface area contributed by atoms with Gasteiger partial charge in [0.1, 0.15) is 5.65 Å². The average Bonchev–Trinajstić information content (AvgIpc) is 2.13. The number of rotatable bonds is 0. The van der Waals surface area contributed by atoms with Crippen molar-refractivity contribution in [3.05, 3.63) is 32.4 Å². The largest absolute Gasteiger partial charge is 0.316 e. The summed E-state index contributed by atoms with van der Waals surface area (Å²) in [6.45, 7) is 3.78. The molecule has 0 aromatic carbocycles. The van der Waals surface area contributed by atoms with Gasteiger partial charge >= 0.3 is 0 Å². The van der Waals surface area contributed by atoms with Crippen LogP contribution >= 0.6 is 35.1 Å². The highest BCUT2D eigenvalue weighted by Crippen LogP contribution is 2.12. The Morgan fingerprint density at radius 1 is 1.53 bits per heavy atom. The van der Waals surface area contributed by atoms with Crippen LogP contribution in [0, 0.1) is 18.6 Å². The quantitative estimate of drug-likeness (QED) is 0.594. The maximum atomic E-state index is 11.9. The van der Waals surface area contributed by atoms with E-state index >= 15 is 0 Å². The van der Waals surface area contributed by atoms with E-state index in [2.05, 4.69) is 9.97 Å². The minimum Gasteiger partial charge on any atom is -0.316 e. The van der Waals surface area contributed by atoms with Crippen LogP contribution < -0.4 is 5.56 Å². The summed E-state index contributed by atoms with van der Waals surface area (Å²) in [6, 6.07) is 1.89. The number of nitrogens with one attached hydrogen (secondary N) is 1. The van der Waals surface area contributed by atoms with Gasteiger partial charge in [-0.25, -0.2) is 7.76 Å². The second-order valence-corrected chi connectivity index (χ2v) is 4.67. The van der Waals surface area contributed by atoms with Gasteiger partial charge in [0.15, 0.2) is 4.77 Å². The molecule has 0 atom stereocenters. The second kappa shape index (κ2) is 3.67. The number of aromatic nitrogens is 3. The molecular formula is C9H8IN3OS. The Morgan fingerprint density at radius 3 is 2.87 bits per heavy atom. The number of hydrogen-bond donors (Lipinski definition) is 1. The number of halogens is 1. The zero-order valence-corrected chi connectivity index (χ0v) is 11.1. The van der Waals surface area contributed by atoms with Crippen molar-refractivity contribution in [1.29, 1.82) is 0 Å². The smallest absolute Gasteiger partial charge is 0.273 e. The molecular weight excluding hydrogens is 325 g/mol. The Labute approximate surface area is 105 Å². The summed E-state index contributed by atoms with van der Waals surface area (Å²) < 4.78 is 1.77. The molecule has 2 aromatic heterocycles.